The van der Waals surface area contributed by atoms with E-state index >= 15 is 0 Å². The molecule has 2 heterocycles. The molecule has 1 unspecified atom stereocenters. The Morgan fingerprint density at radius 3 is 2.67 bits per heavy atom. The van der Waals surface area contributed by atoms with Gasteiger partial charge in [-0.15, -0.1) is 5.10 Å². The molecule has 0 bridgehead atoms. The third kappa shape index (κ3) is 6.89. The summed E-state index contributed by atoms with van der Waals surface area (Å²) in [5.41, 5.74) is 2.86. The number of esters is 1. The monoisotopic (exact) mass is 570 g/mol. The summed E-state index contributed by atoms with van der Waals surface area (Å²) in [5.74, 6) is 2.26. The van der Waals surface area contributed by atoms with Crippen molar-refractivity contribution in [1.29, 1.82) is 0 Å². The van der Waals surface area contributed by atoms with Gasteiger partial charge in [-0.05, 0) is 50.5 Å². The van der Waals surface area contributed by atoms with Crippen LogP contribution in [0, 0.1) is 0 Å². The maximum Gasteiger partial charge on any atom is 0.338 e. The number of hydrogen-bond acceptors (Lipinski definition) is 8. The van der Waals surface area contributed by atoms with Crippen molar-refractivity contribution in [2.45, 2.75) is 64.8 Å². The maximum atomic E-state index is 13.4. The Kier molecular flexibility index (Phi) is 10.2. The van der Waals surface area contributed by atoms with Crippen LogP contribution in [0.4, 0.5) is 5.95 Å². The van der Waals surface area contributed by atoms with Gasteiger partial charge in [0.05, 0.1) is 18.8 Å². The van der Waals surface area contributed by atoms with Crippen molar-refractivity contribution >= 4 is 35.3 Å². The van der Waals surface area contributed by atoms with Crippen LogP contribution in [0.2, 0.25) is 5.02 Å². The zero-order valence-corrected chi connectivity index (χ0v) is 24.4. The van der Waals surface area contributed by atoms with Crippen LogP contribution in [-0.4, -0.2) is 39.7 Å². The molecule has 4 rings (SSSR count). The SMILES string of the molecule is CCCCOC(=O)C1=C(C)Nc2nc(SCCC)nn2C1c1ccc(OCc2ccccc2Cl)c(OCC)c1. The van der Waals surface area contributed by atoms with Crippen LogP contribution >= 0.6 is 23.4 Å². The van der Waals surface area contributed by atoms with Gasteiger partial charge in [0.15, 0.2) is 11.5 Å². The Labute approximate surface area is 239 Å². The fourth-order valence-corrected chi connectivity index (χ4v) is 5.07. The predicted molar refractivity (Wildman–Crippen MR) is 155 cm³/mol. The number of fused-ring (bicyclic) bond motifs is 1. The lowest BCUT2D eigenvalue weighted by atomic mass is 9.95. The molecule has 39 heavy (non-hydrogen) atoms. The number of carbonyl (C=O) groups excluding carboxylic acids is 1. The van der Waals surface area contributed by atoms with E-state index in [1.807, 2.05) is 56.3 Å². The number of benzene rings is 2. The van der Waals surface area contributed by atoms with Gasteiger partial charge in [0, 0.05) is 22.0 Å². The normalized spacial score (nSPS) is 14.5. The molecular weight excluding hydrogens is 536 g/mol. The zero-order chi connectivity index (χ0) is 27.8. The van der Waals surface area contributed by atoms with E-state index in [0.29, 0.717) is 58.7 Å². The average molecular weight is 571 g/mol. The van der Waals surface area contributed by atoms with Gasteiger partial charge in [-0.25, -0.2) is 9.48 Å². The standard InChI is InChI=1S/C29H35ClN4O4S/c1-5-8-15-37-27(35)25-19(4)31-28-32-29(39-16-6-2)33-34(28)26(25)20-13-14-23(24(17-20)36-7-3)38-18-21-11-9-10-12-22(21)30/h9-14,17,26H,5-8,15-16,18H2,1-4H3,(H,31,32,33). The molecule has 1 aliphatic rings. The Hall–Kier alpha value is -3.17. The molecule has 0 aliphatic carbocycles. The summed E-state index contributed by atoms with van der Waals surface area (Å²) >= 11 is 7.91. The molecule has 1 N–H and O–H groups in total. The number of rotatable bonds is 13. The minimum absolute atomic E-state index is 0.297. The van der Waals surface area contributed by atoms with E-state index in [0.717, 1.165) is 36.1 Å². The van der Waals surface area contributed by atoms with Crippen molar-refractivity contribution in [3.8, 4) is 11.5 Å². The molecule has 0 fully saturated rings. The van der Waals surface area contributed by atoms with E-state index in [1.165, 1.54) is 0 Å². The first-order valence-electron chi connectivity index (χ1n) is 13.3. The molecule has 1 atom stereocenters. The Morgan fingerprint density at radius 2 is 1.92 bits per heavy atom. The Balaban J connectivity index is 1.71. The van der Waals surface area contributed by atoms with Gasteiger partial charge in [0.2, 0.25) is 11.1 Å². The number of thioether (sulfide) groups is 1. The van der Waals surface area contributed by atoms with Crippen molar-refractivity contribution in [2.24, 2.45) is 0 Å². The van der Waals surface area contributed by atoms with Crippen molar-refractivity contribution in [3.05, 3.63) is 69.9 Å². The second-order valence-electron chi connectivity index (χ2n) is 9.09. The molecule has 0 spiro atoms. The number of hydrogen-bond donors (Lipinski definition) is 1. The van der Waals surface area contributed by atoms with Crippen molar-refractivity contribution in [1.82, 2.24) is 14.8 Å². The van der Waals surface area contributed by atoms with Gasteiger partial charge in [-0.2, -0.15) is 4.98 Å². The highest BCUT2D eigenvalue weighted by Crippen LogP contribution is 2.40. The summed E-state index contributed by atoms with van der Waals surface area (Å²) in [6, 6.07) is 12.7. The number of nitrogens with zero attached hydrogens (tertiary/aromatic N) is 3. The van der Waals surface area contributed by atoms with Gasteiger partial charge in [-0.1, -0.05) is 67.9 Å². The summed E-state index contributed by atoms with van der Waals surface area (Å²) in [7, 11) is 0. The van der Waals surface area contributed by atoms with Gasteiger partial charge < -0.3 is 19.5 Å². The summed E-state index contributed by atoms with van der Waals surface area (Å²) in [6.45, 7) is 9.07. The quantitative estimate of drug-likeness (QED) is 0.133. The highest BCUT2D eigenvalue weighted by molar-refractivity contribution is 7.99. The van der Waals surface area contributed by atoms with Crippen LogP contribution in [-0.2, 0) is 16.1 Å². The number of allylic oxidation sites excluding steroid dienone is 1. The first-order chi connectivity index (χ1) is 19.0. The van der Waals surface area contributed by atoms with Crippen LogP contribution in [0.1, 0.15) is 64.1 Å². The minimum atomic E-state index is -0.546. The molecule has 0 saturated heterocycles. The first kappa shape index (κ1) is 28.8. The van der Waals surface area contributed by atoms with Crippen LogP contribution in [0.15, 0.2) is 58.9 Å². The summed E-state index contributed by atoms with van der Waals surface area (Å²) < 4.78 is 19.5. The molecule has 0 saturated carbocycles. The molecule has 2 aromatic carbocycles. The van der Waals surface area contributed by atoms with Gasteiger partial charge >= 0.3 is 5.97 Å². The van der Waals surface area contributed by atoms with Crippen molar-refractivity contribution in [3.63, 3.8) is 0 Å². The maximum absolute atomic E-state index is 13.4. The summed E-state index contributed by atoms with van der Waals surface area (Å²) in [5, 5.41) is 9.33. The largest absolute Gasteiger partial charge is 0.490 e. The lowest BCUT2D eigenvalue weighted by Crippen LogP contribution is -2.30. The molecule has 3 aromatic rings. The Bertz CT molecular complexity index is 1330. The van der Waals surface area contributed by atoms with E-state index in [1.54, 1.807) is 16.4 Å². The lowest BCUT2D eigenvalue weighted by Gasteiger charge is -2.28. The molecule has 1 aliphatic heterocycles. The van der Waals surface area contributed by atoms with E-state index in [9.17, 15) is 4.79 Å². The van der Waals surface area contributed by atoms with Gasteiger partial charge in [0.25, 0.3) is 0 Å². The van der Waals surface area contributed by atoms with Crippen molar-refractivity contribution < 1.29 is 19.0 Å². The number of carbonyl (C=O) groups is 1. The summed E-state index contributed by atoms with van der Waals surface area (Å²) in [6.07, 6.45) is 2.74. The molecule has 0 radical (unpaired) electrons. The van der Waals surface area contributed by atoms with Crippen LogP contribution in [0.5, 0.6) is 11.5 Å². The van der Waals surface area contributed by atoms with E-state index in [4.69, 9.17) is 30.9 Å². The topological polar surface area (TPSA) is 87.5 Å². The highest BCUT2D eigenvalue weighted by Gasteiger charge is 2.35. The van der Waals surface area contributed by atoms with Gasteiger partial charge in [-0.3, -0.25) is 0 Å². The number of unbranched alkanes of at least 4 members (excludes halogenated alkanes) is 1. The van der Waals surface area contributed by atoms with Crippen molar-refractivity contribution in [2.75, 3.05) is 24.3 Å². The third-order valence-electron chi connectivity index (χ3n) is 6.14. The average Bonchev–Trinajstić information content (AvgIpc) is 3.33. The van der Waals surface area contributed by atoms with Crippen LogP contribution < -0.4 is 14.8 Å². The second-order valence-corrected chi connectivity index (χ2v) is 10.6. The second kappa shape index (κ2) is 13.8. The number of anilines is 1. The third-order valence-corrected chi connectivity index (χ3v) is 7.56. The molecular formula is C29H35ClN4O4S. The lowest BCUT2D eigenvalue weighted by molar-refractivity contribution is -0.139. The first-order valence-corrected chi connectivity index (χ1v) is 14.7. The number of halogens is 1. The Morgan fingerprint density at radius 1 is 1.10 bits per heavy atom. The molecule has 10 heteroatoms. The zero-order valence-electron chi connectivity index (χ0n) is 22.8. The van der Waals surface area contributed by atoms with E-state index in [2.05, 4.69) is 24.1 Å². The smallest absolute Gasteiger partial charge is 0.338 e. The van der Waals surface area contributed by atoms with E-state index < -0.39 is 6.04 Å². The molecule has 0 amide bonds. The summed E-state index contributed by atoms with van der Waals surface area (Å²) in [4.78, 5) is 18.0. The molecule has 1 aromatic heterocycles. The number of nitrogens with one attached hydrogen (secondary N) is 1. The number of aromatic nitrogens is 3. The minimum Gasteiger partial charge on any atom is -0.490 e. The highest BCUT2D eigenvalue weighted by atomic mass is 35.5. The van der Waals surface area contributed by atoms with E-state index in [-0.39, 0.29) is 5.97 Å². The number of ether oxygens (including phenoxy) is 3. The van der Waals surface area contributed by atoms with Crippen LogP contribution in [0.25, 0.3) is 0 Å². The fraction of sp³-hybridized carbons (Fsp3) is 0.414. The predicted octanol–water partition coefficient (Wildman–Crippen LogP) is 7.04. The fourth-order valence-electron chi connectivity index (χ4n) is 4.20. The van der Waals surface area contributed by atoms with Gasteiger partial charge in [0.1, 0.15) is 12.6 Å². The molecule has 8 nitrogen and oxygen atoms in total. The molecule has 208 valence electrons. The van der Waals surface area contributed by atoms with Crippen LogP contribution in [0.3, 0.4) is 0 Å².